The molecule has 6 nitrogen and oxygen atoms in total. The summed E-state index contributed by atoms with van der Waals surface area (Å²) < 4.78 is 7.97. The number of anilines is 1. The molecular weight excluding hydrogens is 372 g/mol. The van der Waals surface area contributed by atoms with Crippen LogP contribution in [0.25, 0.3) is 15.3 Å². The summed E-state index contributed by atoms with van der Waals surface area (Å²) in [6.07, 6.45) is 0. The van der Waals surface area contributed by atoms with Gasteiger partial charge in [0.25, 0.3) is 5.91 Å². The fraction of sp³-hybridized carbons (Fsp3) is 0.190. The molecule has 0 radical (unpaired) electrons. The van der Waals surface area contributed by atoms with Crippen LogP contribution in [-0.4, -0.2) is 27.8 Å². The van der Waals surface area contributed by atoms with E-state index in [1.54, 1.807) is 11.8 Å². The number of methoxy groups -OCH3 is 1. The van der Waals surface area contributed by atoms with Gasteiger partial charge in [-0.3, -0.25) is 4.79 Å². The van der Waals surface area contributed by atoms with Crippen LogP contribution in [0, 0.1) is 20.8 Å². The van der Waals surface area contributed by atoms with Gasteiger partial charge >= 0.3 is 0 Å². The fourth-order valence-corrected chi connectivity index (χ4v) is 4.01. The molecule has 1 amide bonds. The molecule has 0 aliphatic rings. The molecule has 2 aromatic carbocycles. The van der Waals surface area contributed by atoms with Crippen LogP contribution in [0.2, 0.25) is 0 Å². The number of aryl methyl sites for hydroxylation is 3. The van der Waals surface area contributed by atoms with Gasteiger partial charge in [0.15, 0.2) is 0 Å². The van der Waals surface area contributed by atoms with Gasteiger partial charge in [0.05, 0.1) is 23.0 Å². The third kappa shape index (κ3) is 3.36. The van der Waals surface area contributed by atoms with Gasteiger partial charge in [-0.15, -0.1) is 0 Å². The first-order valence-corrected chi connectivity index (χ1v) is 9.66. The number of hydrogen-bond acceptors (Lipinski definition) is 5. The standard InChI is InChI=1S/C21H20N4O2S/c1-12-5-7-16(13(2)9-12)20(26)23-19-10-14(3)24-25(19)21-22-17-11-15(27-4)6-8-18(17)28-21/h5-11H,1-4H3,(H,23,26). The summed E-state index contributed by atoms with van der Waals surface area (Å²) in [5.41, 5.74) is 4.34. The summed E-state index contributed by atoms with van der Waals surface area (Å²) >= 11 is 1.51. The van der Waals surface area contributed by atoms with E-state index in [0.29, 0.717) is 16.5 Å². The molecule has 0 aliphatic carbocycles. The number of hydrogen-bond donors (Lipinski definition) is 1. The van der Waals surface area contributed by atoms with Gasteiger partial charge in [-0.2, -0.15) is 9.78 Å². The number of amides is 1. The van der Waals surface area contributed by atoms with Gasteiger partial charge in [-0.05, 0) is 44.5 Å². The lowest BCUT2D eigenvalue weighted by Crippen LogP contribution is -2.16. The number of fused-ring (bicyclic) bond motifs is 1. The van der Waals surface area contributed by atoms with Crippen LogP contribution >= 0.6 is 11.3 Å². The predicted octanol–water partition coefficient (Wildman–Crippen LogP) is 4.67. The van der Waals surface area contributed by atoms with Crippen molar-refractivity contribution in [1.29, 1.82) is 0 Å². The average Bonchev–Trinajstić information content (AvgIpc) is 3.23. The molecular formula is C21H20N4O2S. The molecule has 0 fully saturated rings. The van der Waals surface area contributed by atoms with Crippen LogP contribution in [0.3, 0.4) is 0 Å². The second-order valence-electron chi connectivity index (χ2n) is 6.69. The summed E-state index contributed by atoms with van der Waals surface area (Å²) in [5, 5.41) is 8.18. The van der Waals surface area contributed by atoms with Crippen LogP contribution in [-0.2, 0) is 0 Å². The molecule has 4 aromatic rings. The van der Waals surface area contributed by atoms with Crippen molar-refractivity contribution in [2.24, 2.45) is 0 Å². The number of aromatic nitrogens is 3. The normalized spacial score (nSPS) is 11.0. The van der Waals surface area contributed by atoms with Crippen molar-refractivity contribution in [3.05, 3.63) is 64.8 Å². The highest BCUT2D eigenvalue weighted by Gasteiger charge is 2.16. The molecule has 7 heteroatoms. The smallest absolute Gasteiger partial charge is 0.257 e. The van der Waals surface area contributed by atoms with Crippen LogP contribution in [0.5, 0.6) is 5.75 Å². The lowest BCUT2D eigenvalue weighted by molar-refractivity contribution is 0.102. The number of benzene rings is 2. The third-order valence-corrected chi connectivity index (χ3v) is 5.48. The molecule has 0 aliphatic heterocycles. The van der Waals surface area contributed by atoms with E-state index in [1.807, 2.05) is 63.2 Å². The number of nitrogens with one attached hydrogen (secondary N) is 1. The summed E-state index contributed by atoms with van der Waals surface area (Å²) in [6, 6.07) is 13.4. The minimum atomic E-state index is -0.165. The number of nitrogens with zero attached hydrogens (tertiary/aromatic N) is 3. The largest absolute Gasteiger partial charge is 0.497 e. The minimum Gasteiger partial charge on any atom is -0.497 e. The summed E-state index contributed by atoms with van der Waals surface area (Å²) in [7, 11) is 1.63. The number of ether oxygens (including phenoxy) is 1. The van der Waals surface area contributed by atoms with E-state index in [1.165, 1.54) is 11.3 Å². The molecule has 0 unspecified atom stereocenters. The lowest BCUT2D eigenvalue weighted by atomic mass is 10.1. The minimum absolute atomic E-state index is 0.165. The van der Waals surface area contributed by atoms with E-state index < -0.39 is 0 Å². The molecule has 4 rings (SSSR count). The first-order chi connectivity index (χ1) is 13.4. The molecule has 0 saturated carbocycles. The quantitative estimate of drug-likeness (QED) is 0.548. The lowest BCUT2D eigenvalue weighted by Gasteiger charge is -2.09. The van der Waals surface area contributed by atoms with Gasteiger partial charge in [-0.1, -0.05) is 29.0 Å². The Labute approximate surface area is 166 Å². The van der Waals surface area contributed by atoms with Crippen molar-refractivity contribution in [3.63, 3.8) is 0 Å². The van der Waals surface area contributed by atoms with Crippen molar-refractivity contribution in [1.82, 2.24) is 14.8 Å². The van der Waals surface area contributed by atoms with Crippen LogP contribution in [0.4, 0.5) is 5.82 Å². The van der Waals surface area contributed by atoms with Crippen LogP contribution in [0.1, 0.15) is 27.2 Å². The number of carbonyl (C=O) groups is 1. The highest BCUT2D eigenvalue weighted by molar-refractivity contribution is 7.20. The summed E-state index contributed by atoms with van der Waals surface area (Å²) in [6.45, 7) is 5.83. The second-order valence-corrected chi connectivity index (χ2v) is 7.69. The molecule has 0 bridgehead atoms. The highest BCUT2D eigenvalue weighted by atomic mass is 32.1. The van der Waals surface area contributed by atoms with E-state index in [4.69, 9.17) is 4.74 Å². The topological polar surface area (TPSA) is 69.0 Å². The molecule has 0 spiro atoms. The van der Waals surface area contributed by atoms with Gasteiger partial charge in [-0.25, -0.2) is 4.98 Å². The Morgan fingerprint density at radius 3 is 2.68 bits per heavy atom. The Kier molecular flexibility index (Phi) is 4.60. The maximum absolute atomic E-state index is 12.8. The average molecular weight is 392 g/mol. The van der Waals surface area contributed by atoms with Crippen molar-refractivity contribution >= 4 is 33.3 Å². The maximum atomic E-state index is 12.8. The number of carbonyl (C=O) groups excluding carboxylic acids is 1. The van der Waals surface area contributed by atoms with Crippen molar-refractivity contribution in [2.45, 2.75) is 20.8 Å². The fourth-order valence-electron chi connectivity index (χ4n) is 3.10. The molecule has 142 valence electrons. The first kappa shape index (κ1) is 18.2. The van der Waals surface area contributed by atoms with Gasteiger partial charge < -0.3 is 10.1 Å². The van der Waals surface area contributed by atoms with Crippen molar-refractivity contribution in [3.8, 4) is 10.9 Å². The Hall–Kier alpha value is -3.19. The van der Waals surface area contributed by atoms with Crippen LogP contribution in [0.15, 0.2) is 42.5 Å². The zero-order valence-electron chi connectivity index (χ0n) is 16.1. The first-order valence-electron chi connectivity index (χ1n) is 8.85. The zero-order chi connectivity index (χ0) is 19.8. The SMILES string of the molecule is COc1ccc2sc(-n3nc(C)cc3NC(=O)c3ccc(C)cc3C)nc2c1. The summed E-state index contributed by atoms with van der Waals surface area (Å²) in [4.78, 5) is 17.5. The third-order valence-electron chi connectivity index (χ3n) is 4.46. The Bertz CT molecular complexity index is 1190. The van der Waals surface area contributed by atoms with Crippen molar-refractivity contribution < 1.29 is 9.53 Å². The Morgan fingerprint density at radius 2 is 1.93 bits per heavy atom. The molecule has 1 N–H and O–H groups in total. The van der Waals surface area contributed by atoms with E-state index in [-0.39, 0.29) is 5.91 Å². The molecule has 0 atom stereocenters. The van der Waals surface area contributed by atoms with Gasteiger partial charge in [0.2, 0.25) is 5.13 Å². The maximum Gasteiger partial charge on any atom is 0.257 e. The summed E-state index contributed by atoms with van der Waals surface area (Å²) in [5.74, 6) is 1.18. The highest BCUT2D eigenvalue weighted by Crippen LogP contribution is 2.30. The Morgan fingerprint density at radius 1 is 1.11 bits per heavy atom. The second kappa shape index (κ2) is 7.09. The predicted molar refractivity (Wildman–Crippen MR) is 112 cm³/mol. The monoisotopic (exact) mass is 392 g/mol. The molecule has 2 aromatic heterocycles. The van der Waals surface area contributed by atoms with Crippen molar-refractivity contribution in [2.75, 3.05) is 12.4 Å². The molecule has 28 heavy (non-hydrogen) atoms. The Balaban J connectivity index is 1.70. The van der Waals surface area contributed by atoms with E-state index in [2.05, 4.69) is 15.4 Å². The van der Waals surface area contributed by atoms with E-state index in [9.17, 15) is 4.79 Å². The molecule has 0 saturated heterocycles. The number of rotatable bonds is 4. The van der Waals surface area contributed by atoms with E-state index >= 15 is 0 Å². The van der Waals surface area contributed by atoms with Gasteiger partial charge in [0, 0.05) is 17.7 Å². The molecule has 2 heterocycles. The zero-order valence-corrected chi connectivity index (χ0v) is 16.9. The number of thiazole rings is 1. The van der Waals surface area contributed by atoms with Gasteiger partial charge in [0.1, 0.15) is 11.6 Å². The van der Waals surface area contributed by atoms with Crippen LogP contribution < -0.4 is 10.1 Å². The van der Waals surface area contributed by atoms with E-state index in [0.717, 1.165) is 32.8 Å².